The molecule has 120 valence electrons. The fourth-order valence-corrected chi connectivity index (χ4v) is 3.52. The molecule has 3 aliphatic heterocycles. The van der Waals surface area contributed by atoms with E-state index in [2.05, 4.69) is 5.32 Å². The van der Waals surface area contributed by atoms with Crippen LogP contribution in [0, 0.1) is 0 Å². The van der Waals surface area contributed by atoms with E-state index >= 15 is 4.39 Å². The maximum atomic E-state index is 15.2. The highest BCUT2D eigenvalue weighted by Crippen LogP contribution is 2.36. The van der Waals surface area contributed by atoms with Crippen molar-refractivity contribution in [1.29, 1.82) is 0 Å². The van der Waals surface area contributed by atoms with Crippen molar-refractivity contribution in [2.45, 2.75) is 38.1 Å². The van der Waals surface area contributed by atoms with E-state index < -0.39 is 23.5 Å². The molecule has 1 aromatic carbocycles. The van der Waals surface area contributed by atoms with Gasteiger partial charge in [0.15, 0.2) is 0 Å². The molecule has 3 amide bonds. The van der Waals surface area contributed by atoms with Crippen molar-refractivity contribution in [3.63, 3.8) is 0 Å². The van der Waals surface area contributed by atoms with Crippen LogP contribution in [-0.4, -0.2) is 35.0 Å². The van der Waals surface area contributed by atoms with Crippen LogP contribution in [0.2, 0.25) is 0 Å². The number of halogens is 1. The van der Waals surface area contributed by atoms with Gasteiger partial charge in [-0.05, 0) is 35.7 Å². The van der Waals surface area contributed by atoms with Gasteiger partial charge in [-0.3, -0.25) is 24.6 Å². The molecule has 1 saturated heterocycles. The Morgan fingerprint density at radius 2 is 1.91 bits per heavy atom. The van der Waals surface area contributed by atoms with E-state index in [1.807, 2.05) is 17.4 Å². The molecule has 0 spiro atoms. The fraction of sp³-hybridized carbons (Fsp3) is 0.438. The highest BCUT2D eigenvalue weighted by molar-refractivity contribution is 6.06. The molecule has 23 heavy (non-hydrogen) atoms. The van der Waals surface area contributed by atoms with Crippen LogP contribution in [0.25, 0.3) is 0 Å². The standard InChI is InChI=1S/C16H16FN3O3/c17-16(3-1-13(21)19-15(16)23)20-8-11-5-10-7-18-4-2-9(10)6-12(11)14(20)22/h5-6,18H,1-4,7-8H2,(H,19,21,23). The molecule has 3 heterocycles. The minimum atomic E-state index is -2.46. The van der Waals surface area contributed by atoms with Crippen LogP contribution in [-0.2, 0) is 29.1 Å². The molecule has 2 N–H and O–H groups in total. The Labute approximate surface area is 132 Å². The number of carbonyl (C=O) groups is 3. The van der Waals surface area contributed by atoms with Gasteiger partial charge in [0.2, 0.25) is 5.91 Å². The number of rotatable bonds is 1. The minimum Gasteiger partial charge on any atom is -0.312 e. The van der Waals surface area contributed by atoms with Gasteiger partial charge in [0.25, 0.3) is 17.6 Å². The summed E-state index contributed by atoms with van der Waals surface area (Å²) < 4.78 is 15.2. The first-order valence-electron chi connectivity index (χ1n) is 7.69. The first-order chi connectivity index (χ1) is 11.0. The molecule has 0 saturated carbocycles. The number of piperidine rings is 1. The zero-order chi connectivity index (χ0) is 16.2. The number of nitrogens with one attached hydrogen (secondary N) is 2. The lowest BCUT2D eigenvalue weighted by Gasteiger charge is -2.35. The Morgan fingerprint density at radius 1 is 1.09 bits per heavy atom. The van der Waals surface area contributed by atoms with Crippen molar-refractivity contribution < 1.29 is 18.8 Å². The van der Waals surface area contributed by atoms with Crippen molar-refractivity contribution in [2.75, 3.05) is 6.54 Å². The number of alkyl halides is 1. The Morgan fingerprint density at radius 3 is 2.70 bits per heavy atom. The molecular weight excluding hydrogens is 301 g/mol. The summed E-state index contributed by atoms with van der Waals surface area (Å²) in [5, 5.41) is 5.26. The van der Waals surface area contributed by atoms with Gasteiger partial charge in [-0.1, -0.05) is 6.07 Å². The van der Waals surface area contributed by atoms with Crippen LogP contribution in [0.15, 0.2) is 12.1 Å². The number of carbonyl (C=O) groups excluding carboxylic acids is 3. The summed E-state index contributed by atoms with van der Waals surface area (Å²) in [6.45, 7) is 1.63. The maximum absolute atomic E-state index is 15.2. The van der Waals surface area contributed by atoms with Gasteiger partial charge >= 0.3 is 0 Å². The smallest absolute Gasteiger partial charge is 0.285 e. The fourth-order valence-electron chi connectivity index (χ4n) is 3.52. The number of benzene rings is 1. The predicted molar refractivity (Wildman–Crippen MR) is 77.9 cm³/mol. The van der Waals surface area contributed by atoms with Gasteiger partial charge in [-0.2, -0.15) is 0 Å². The van der Waals surface area contributed by atoms with Crippen LogP contribution in [0.3, 0.4) is 0 Å². The normalized spacial score (nSPS) is 26.8. The maximum Gasteiger partial charge on any atom is 0.285 e. The second-order valence-electron chi connectivity index (χ2n) is 6.23. The quantitative estimate of drug-likeness (QED) is 0.580. The van der Waals surface area contributed by atoms with E-state index in [1.54, 1.807) is 0 Å². The molecule has 3 aliphatic rings. The number of amides is 3. The summed E-state index contributed by atoms with van der Waals surface area (Å²) in [7, 11) is 0. The third-order valence-electron chi connectivity index (χ3n) is 4.83. The highest BCUT2D eigenvalue weighted by atomic mass is 19.1. The minimum absolute atomic E-state index is 0.0551. The highest BCUT2D eigenvalue weighted by Gasteiger charge is 2.52. The topological polar surface area (TPSA) is 78.5 Å². The Hall–Kier alpha value is -2.28. The average molecular weight is 317 g/mol. The van der Waals surface area contributed by atoms with Gasteiger partial charge in [-0.25, -0.2) is 4.39 Å². The molecule has 0 aromatic heterocycles. The lowest BCUT2D eigenvalue weighted by molar-refractivity contribution is -0.154. The van der Waals surface area contributed by atoms with Gasteiger partial charge in [-0.15, -0.1) is 0 Å². The molecule has 6 nitrogen and oxygen atoms in total. The molecule has 0 bridgehead atoms. The van der Waals surface area contributed by atoms with Crippen molar-refractivity contribution in [2.24, 2.45) is 0 Å². The van der Waals surface area contributed by atoms with E-state index in [4.69, 9.17) is 0 Å². The van der Waals surface area contributed by atoms with Gasteiger partial charge in [0.05, 0.1) is 6.54 Å². The first kappa shape index (κ1) is 14.3. The van der Waals surface area contributed by atoms with Crippen LogP contribution < -0.4 is 10.6 Å². The number of nitrogens with zero attached hydrogens (tertiary/aromatic N) is 1. The summed E-state index contributed by atoms with van der Waals surface area (Å²) in [5.74, 6) is -4.48. The average Bonchev–Trinajstić information content (AvgIpc) is 2.86. The van der Waals surface area contributed by atoms with E-state index in [0.29, 0.717) is 5.56 Å². The predicted octanol–water partition coefficient (Wildman–Crippen LogP) is 0.391. The molecule has 4 rings (SSSR count). The molecule has 1 unspecified atom stereocenters. The van der Waals surface area contributed by atoms with Crippen LogP contribution in [0.5, 0.6) is 0 Å². The van der Waals surface area contributed by atoms with Gasteiger partial charge in [0, 0.05) is 24.9 Å². The van der Waals surface area contributed by atoms with Gasteiger partial charge < -0.3 is 5.32 Å². The van der Waals surface area contributed by atoms with E-state index in [9.17, 15) is 14.4 Å². The third-order valence-corrected chi connectivity index (χ3v) is 4.83. The summed E-state index contributed by atoms with van der Waals surface area (Å²) in [5.41, 5.74) is 3.40. The van der Waals surface area contributed by atoms with Crippen LogP contribution in [0.1, 0.15) is 39.9 Å². The van der Waals surface area contributed by atoms with Crippen LogP contribution >= 0.6 is 0 Å². The lowest BCUT2D eigenvalue weighted by Crippen LogP contribution is -2.60. The molecular formula is C16H16FN3O3. The zero-order valence-electron chi connectivity index (χ0n) is 12.4. The molecule has 1 aromatic rings. The number of fused-ring (bicyclic) bond motifs is 2. The molecule has 0 aliphatic carbocycles. The number of imide groups is 1. The molecule has 1 atom stereocenters. The van der Waals surface area contributed by atoms with E-state index in [0.717, 1.165) is 41.1 Å². The monoisotopic (exact) mass is 317 g/mol. The summed E-state index contributed by atoms with van der Waals surface area (Å²) in [6, 6.07) is 3.74. The number of hydrogen-bond donors (Lipinski definition) is 2. The number of hydrogen-bond acceptors (Lipinski definition) is 4. The summed E-state index contributed by atoms with van der Waals surface area (Å²) >= 11 is 0. The molecule has 0 radical (unpaired) electrons. The van der Waals surface area contributed by atoms with Crippen molar-refractivity contribution in [3.8, 4) is 0 Å². The summed E-state index contributed by atoms with van der Waals surface area (Å²) in [6.07, 6.45) is 0.424. The Bertz CT molecular complexity index is 748. The van der Waals surface area contributed by atoms with Crippen molar-refractivity contribution in [3.05, 3.63) is 34.4 Å². The van der Waals surface area contributed by atoms with E-state index in [1.165, 1.54) is 0 Å². The molecule has 7 heteroatoms. The summed E-state index contributed by atoms with van der Waals surface area (Å²) in [4.78, 5) is 36.8. The van der Waals surface area contributed by atoms with Crippen molar-refractivity contribution >= 4 is 17.7 Å². The first-order valence-corrected chi connectivity index (χ1v) is 7.69. The second-order valence-corrected chi connectivity index (χ2v) is 6.23. The Balaban J connectivity index is 1.69. The largest absolute Gasteiger partial charge is 0.312 e. The van der Waals surface area contributed by atoms with Crippen molar-refractivity contribution in [1.82, 2.24) is 15.5 Å². The SMILES string of the molecule is O=C1CCC(F)(N2Cc3cc4c(cc3C2=O)CCNC4)C(=O)N1. The van der Waals surface area contributed by atoms with E-state index in [-0.39, 0.29) is 19.4 Å². The Kier molecular flexibility index (Phi) is 3.02. The van der Waals surface area contributed by atoms with Gasteiger partial charge in [0.1, 0.15) is 0 Å². The second kappa shape index (κ2) is 4.86. The zero-order valence-corrected chi connectivity index (χ0v) is 12.4. The molecule has 1 fully saturated rings. The van der Waals surface area contributed by atoms with Crippen LogP contribution in [0.4, 0.5) is 4.39 Å². The lowest BCUT2D eigenvalue weighted by atomic mass is 9.95. The third kappa shape index (κ3) is 2.07.